The molecule has 158 valence electrons. The first-order valence-corrected chi connectivity index (χ1v) is 10.6. The van der Waals surface area contributed by atoms with Gasteiger partial charge in [0.05, 0.1) is 24.0 Å². The van der Waals surface area contributed by atoms with Crippen LogP contribution in [0.15, 0.2) is 69.9 Å². The Kier molecular flexibility index (Phi) is 6.39. The van der Waals surface area contributed by atoms with Crippen LogP contribution < -0.4 is 10.1 Å². The van der Waals surface area contributed by atoms with E-state index >= 15 is 0 Å². The van der Waals surface area contributed by atoms with E-state index in [-0.39, 0.29) is 12.3 Å². The molecule has 1 amide bonds. The maximum absolute atomic E-state index is 12.8. The largest absolute Gasteiger partial charge is 0.489 e. The topological polar surface area (TPSA) is 82.2 Å². The summed E-state index contributed by atoms with van der Waals surface area (Å²) in [5.74, 6) is 0.705. The van der Waals surface area contributed by atoms with Crippen LogP contribution in [0.5, 0.6) is 5.75 Å². The van der Waals surface area contributed by atoms with E-state index in [1.165, 1.54) is 0 Å². The zero-order valence-corrected chi connectivity index (χ0v) is 18.9. The number of rotatable bonds is 7. The van der Waals surface area contributed by atoms with Crippen molar-refractivity contribution in [3.05, 3.63) is 93.0 Å². The van der Waals surface area contributed by atoms with Crippen molar-refractivity contribution in [1.82, 2.24) is 14.9 Å². The summed E-state index contributed by atoms with van der Waals surface area (Å²) in [5, 5.41) is 11.6. The minimum absolute atomic E-state index is 0.126. The molecule has 2 aromatic carbocycles. The summed E-state index contributed by atoms with van der Waals surface area (Å²) < 4.78 is 13.7. The maximum atomic E-state index is 12.8. The Bertz CT molecular complexity index is 1200. The van der Waals surface area contributed by atoms with Crippen molar-refractivity contribution in [3.63, 3.8) is 0 Å². The zero-order chi connectivity index (χ0) is 21.8. The van der Waals surface area contributed by atoms with Crippen molar-refractivity contribution in [2.45, 2.75) is 20.1 Å². The van der Waals surface area contributed by atoms with Gasteiger partial charge in [0.25, 0.3) is 5.91 Å². The van der Waals surface area contributed by atoms with Crippen LogP contribution in [0.2, 0.25) is 5.02 Å². The van der Waals surface area contributed by atoms with Gasteiger partial charge in [0.15, 0.2) is 5.69 Å². The molecule has 0 unspecified atom stereocenters. The second-order valence-corrected chi connectivity index (χ2v) is 8.17. The van der Waals surface area contributed by atoms with Crippen LogP contribution in [0.1, 0.15) is 27.4 Å². The highest BCUT2D eigenvalue weighted by Gasteiger charge is 2.21. The van der Waals surface area contributed by atoms with Gasteiger partial charge in [0, 0.05) is 15.7 Å². The van der Waals surface area contributed by atoms with E-state index in [0.29, 0.717) is 34.3 Å². The number of aromatic nitrogens is 3. The second kappa shape index (κ2) is 9.36. The van der Waals surface area contributed by atoms with E-state index in [1.807, 2.05) is 24.3 Å². The van der Waals surface area contributed by atoms with Crippen molar-refractivity contribution in [2.24, 2.45) is 0 Å². The number of anilines is 1. The summed E-state index contributed by atoms with van der Waals surface area (Å²) in [7, 11) is 0. The van der Waals surface area contributed by atoms with E-state index in [0.717, 1.165) is 10.0 Å². The van der Waals surface area contributed by atoms with Crippen LogP contribution in [0.25, 0.3) is 0 Å². The number of aryl methyl sites for hydroxylation is 1. The SMILES string of the molecule is Cc1onc(C(=O)Nc2cnn(Cc3ccc(Br)cc3)c2)c1COc1cccc(Cl)c1. The van der Waals surface area contributed by atoms with Gasteiger partial charge in [-0.2, -0.15) is 5.10 Å². The number of ether oxygens (including phenoxy) is 1. The van der Waals surface area contributed by atoms with Crippen LogP contribution in [-0.4, -0.2) is 20.8 Å². The van der Waals surface area contributed by atoms with Crippen LogP contribution in [0, 0.1) is 6.92 Å². The predicted octanol–water partition coefficient (Wildman–Crippen LogP) is 5.48. The molecule has 0 spiro atoms. The minimum Gasteiger partial charge on any atom is -0.489 e. The molecule has 0 saturated carbocycles. The Balaban J connectivity index is 1.42. The lowest BCUT2D eigenvalue weighted by molar-refractivity contribution is 0.101. The number of carbonyl (C=O) groups is 1. The number of amides is 1. The summed E-state index contributed by atoms with van der Waals surface area (Å²) in [4.78, 5) is 12.8. The molecule has 0 saturated heterocycles. The summed E-state index contributed by atoms with van der Waals surface area (Å²) in [6.45, 7) is 2.45. The summed E-state index contributed by atoms with van der Waals surface area (Å²) in [6.07, 6.45) is 3.35. The number of hydrogen-bond acceptors (Lipinski definition) is 5. The van der Waals surface area contributed by atoms with E-state index in [1.54, 1.807) is 48.3 Å². The fraction of sp³-hybridized carbons (Fsp3) is 0.136. The normalized spacial score (nSPS) is 10.8. The Morgan fingerprint density at radius 1 is 1.26 bits per heavy atom. The van der Waals surface area contributed by atoms with Crippen LogP contribution in [0.4, 0.5) is 5.69 Å². The van der Waals surface area contributed by atoms with E-state index < -0.39 is 5.91 Å². The predicted molar refractivity (Wildman–Crippen MR) is 120 cm³/mol. The number of nitrogens with one attached hydrogen (secondary N) is 1. The molecule has 31 heavy (non-hydrogen) atoms. The van der Waals surface area contributed by atoms with E-state index in [4.69, 9.17) is 20.9 Å². The maximum Gasteiger partial charge on any atom is 0.278 e. The van der Waals surface area contributed by atoms with Gasteiger partial charge in [-0.3, -0.25) is 9.48 Å². The minimum atomic E-state index is -0.398. The molecular formula is C22H18BrClN4O3. The molecule has 4 rings (SSSR count). The standard InChI is InChI=1S/C22H18BrClN4O3/c1-14-20(13-30-19-4-2-3-17(24)9-19)21(27-31-14)22(29)26-18-10-25-28(12-18)11-15-5-7-16(23)8-6-15/h2-10,12H,11,13H2,1H3,(H,26,29). The second-order valence-electron chi connectivity index (χ2n) is 6.82. The lowest BCUT2D eigenvalue weighted by atomic mass is 10.2. The number of carbonyl (C=O) groups excluding carboxylic acids is 1. The molecule has 0 radical (unpaired) electrons. The first-order chi connectivity index (χ1) is 15.0. The molecule has 2 heterocycles. The highest BCUT2D eigenvalue weighted by molar-refractivity contribution is 9.10. The van der Waals surface area contributed by atoms with E-state index in [2.05, 4.69) is 31.5 Å². The average Bonchev–Trinajstić information content (AvgIpc) is 3.34. The molecule has 0 bridgehead atoms. The van der Waals surface area contributed by atoms with Crippen molar-refractivity contribution in [1.29, 1.82) is 0 Å². The Morgan fingerprint density at radius 2 is 2.06 bits per heavy atom. The Morgan fingerprint density at radius 3 is 2.84 bits per heavy atom. The number of hydrogen-bond donors (Lipinski definition) is 1. The lowest BCUT2D eigenvalue weighted by Gasteiger charge is -2.07. The molecular weight excluding hydrogens is 484 g/mol. The van der Waals surface area contributed by atoms with Crippen LogP contribution >= 0.6 is 27.5 Å². The molecule has 1 N–H and O–H groups in total. The molecule has 4 aromatic rings. The third kappa shape index (κ3) is 5.34. The van der Waals surface area contributed by atoms with E-state index in [9.17, 15) is 4.79 Å². The molecule has 7 nitrogen and oxygen atoms in total. The summed E-state index contributed by atoms with van der Waals surface area (Å²) >= 11 is 9.40. The fourth-order valence-electron chi connectivity index (χ4n) is 2.93. The molecule has 2 aromatic heterocycles. The quantitative estimate of drug-likeness (QED) is 0.363. The average molecular weight is 502 g/mol. The molecule has 0 aliphatic carbocycles. The number of benzene rings is 2. The van der Waals surface area contributed by atoms with Gasteiger partial charge < -0.3 is 14.6 Å². The van der Waals surface area contributed by atoms with Crippen molar-refractivity contribution < 1.29 is 14.1 Å². The first kappa shape index (κ1) is 21.1. The highest BCUT2D eigenvalue weighted by atomic mass is 79.9. The fourth-order valence-corrected chi connectivity index (χ4v) is 3.38. The van der Waals surface area contributed by atoms with Gasteiger partial charge in [-0.15, -0.1) is 0 Å². The van der Waals surface area contributed by atoms with Gasteiger partial charge in [-0.25, -0.2) is 0 Å². The van der Waals surface area contributed by atoms with Crippen molar-refractivity contribution in [2.75, 3.05) is 5.32 Å². The molecule has 9 heteroatoms. The highest BCUT2D eigenvalue weighted by Crippen LogP contribution is 2.21. The van der Waals surface area contributed by atoms with Crippen molar-refractivity contribution >= 4 is 39.1 Å². The van der Waals surface area contributed by atoms with Crippen molar-refractivity contribution in [3.8, 4) is 5.75 Å². The molecule has 0 fully saturated rings. The number of halogens is 2. The zero-order valence-electron chi connectivity index (χ0n) is 16.5. The van der Waals surface area contributed by atoms with Gasteiger partial charge in [-0.1, -0.05) is 50.9 Å². The van der Waals surface area contributed by atoms with Gasteiger partial charge >= 0.3 is 0 Å². The summed E-state index contributed by atoms with van der Waals surface area (Å²) in [6, 6.07) is 15.0. The first-order valence-electron chi connectivity index (χ1n) is 9.40. The molecule has 0 aliphatic heterocycles. The van der Waals surface area contributed by atoms with Crippen LogP contribution in [0.3, 0.4) is 0 Å². The van der Waals surface area contributed by atoms with Gasteiger partial charge in [0.2, 0.25) is 0 Å². The molecule has 0 aliphatic rings. The number of nitrogens with zero attached hydrogens (tertiary/aromatic N) is 3. The molecule has 0 atom stereocenters. The van der Waals surface area contributed by atoms with Gasteiger partial charge in [0.1, 0.15) is 18.1 Å². The summed E-state index contributed by atoms with van der Waals surface area (Å²) in [5.41, 5.74) is 2.39. The lowest BCUT2D eigenvalue weighted by Crippen LogP contribution is -2.15. The smallest absolute Gasteiger partial charge is 0.278 e. The monoisotopic (exact) mass is 500 g/mol. The Labute approximate surface area is 192 Å². The van der Waals surface area contributed by atoms with Crippen LogP contribution in [-0.2, 0) is 13.2 Å². The third-order valence-electron chi connectivity index (χ3n) is 4.53. The third-order valence-corrected chi connectivity index (χ3v) is 5.29. The van der Waals surface area contributed by atoms with Gasteiger partial charge in [-0.05, 0) is 42.8 Å². The Hall–Kier alpha value is -3.10.